The molecule has 106 valence electrons. The third kappa shape index (κ3) is 2.44. The first-order valence-electron chi connectivity index (χ1n) is 6.62. The first-order valence-corrected chi connectivity index (χ1v) is 6.62. The number of nitrogens with zero attached hydrogens (tertiary/aromatic N) is 2. The Kier molecular flexibility index (Phi) is 3.27. The minimum Gasteiger partial charge on any atom is -0.379 e. The number of aliphatic hydroxyl groups is 1. The van der Waals surface area contributed by atoms with Crippen molar-refractivity contribution in [2.75, 3.05) is 13.1 Å². The van der Waals surface area contributed by atoms with E-state index in [0.717, 1.165) is 18.5 Å². The van der Waals surface area contributed by atoms with Gasteiger partial charge in [-0.2, -0.15) is 4.98 Å². The van der Waals surface area contributed by atoms with Gasteiger partial charge in [0.2, 0.25) is 5.82 Å². The van der Waals surface area contributed by atoms with Crippen LogP contribution in [0.1, 0.15) is 24.3 Å². The lowest BCUT2D eigenvalue weighted by atomic mass is 9.94. The number of hydrogen-bond acceptors (Lipinski definition) is 5. The molecule has 1 saturated heterocycles. The van der Waals surface area contributed by atoms with Crippen LogP contribution in [0.25, 0.3) is 11.4 Å². The van der Waals surface area contributed by atoms with Gasteiger partial charge in [-0.25, -0.2) is 4.39 Å². The highest BCUT2D eigenvalue weighted by atomic mass is 19.1. The lowest BCUT2D eigenvalue weighted by Gasteiger charge is -2.28. The summed E-state index contributed by atoms with van der Waals surface area (Å²) in [7, 11) is 0. The molecular weight excluding hydrogens is 261 g/mol. The van der Waals surface area contributed by atoms with E-state index in [9.17, 15) is 9.50 Å². The molecule has 2 heterocycles. The zero-order valence-electron chi connectivity index (χ0n) is 11.2. The molecule has 3 rings (SSSR count). The summed E-state index contributed by atoms with van der Waals surface area (Å²) in [5, 5.41) is 17.4. The van der Waals surface area contributed by atoms with E-state index in [1.807, 2.05) is 0 Å². The van der Waals surface area contributed by atoms with E-state index in [1.54, 1.807) is 13.0 Å². The van der Waals surface area contributed by atoms with Crippen LogP contribution >= 0.6 is 0 Å². The Bertz CT molecular complexity index is 600. The summed E-state index contributed by atoms with van der Waals surface area (Å²) < 4.78 is 18.6. The molecule has 0 bridgehead atoms. The standard InChI is InChI=1S/C14H16FN3O2/c1-9-5-10(7-11(15)6-9)12-17-13(20-18-12)14(19)3-2-4-16-8-14/h5-7,16,19H,2-4,8H2,1H3. The monoisotopic (exact) mass is 277 g/mol. The Morgan fingerprint density at radius 2 is 2.25 bits per heavy atom. The minimum atomic E-state index is -1.13. The Balaban J connectivity index is 1.93. The maximum atomic E-state index is 13.4. The van der Waals surface area contributed by atoms with Crippen LogP contribution < -0.4 is 5.32 Å². The zero-order chi connectivity index (χ0) is 14.2. The molecule has 1 fully saturated rings. The summed E-state index contributed by atoms with van der Waals surface area (Å²) in [6, 6.07) is 4.56. The second kappa shape index (κ2) is 4.96. The van der Waals surface area contributed by atoms with Gasteiger partial charge in [0.05, 0.1) is 0 Å². The highest BCUT2D eigenvalue weighted by Crippen LogP contribution is 2.29. The van der Waals surface area contributed by atoms with Crippen molar-refractivity contribution in [2.24, 2.45) is 0 Å². The van der Waals surface area contributed by atoms with Crippen LogP contribution in [0.2, 0.25) is 0 Å². The first kappa shape index (κ1) is 13.2. The molecule has 1 aliphatic heterocycles. The number of nitrogens with one attached hydrogen (secondary N) is 1. The predicted octanol–water partition coefficient (Wildman–Crippen LogP) is 1.76. The molecule has 0 saturated carbocycles. The topological polar surface area (TPSA) is 71.2 Å². The SMILES string of the molecule is Cc1cc(F)cc(-c2noc(C3(O)CCCNC3)n2)c1. The lowest BCUT2D eigenvalue weighted by molar-refractivity contribution is -0.0167. The van der Waals surface area contributed by atoms with Gasteiger partial charge in [0.1, 0.15) is 5.82 Å². The van der Waals surface area contributed by atoms with Crippen molar-refractivity contribution >= 4 is 0 Å². The molecule has 0 spiro atoms. The third-order valence-electron chi connectivity index (χ3n) is 3.49. The van der Waals surface area contributed by atoms with Gasteiger partial charge in [-0.05, 0) is 50.1 Å². The third-order valence-corrected chi connectivity index (χ3v) is 3.49. The van der Waals surface area contributed by atoms with Crippen molar-refractivity contribution in [3.05, 3.63) is 35.5 Å². The van der Waals surface area contributed by atoms with Crippen LogP contribution in [-0.4, -0.2) is 28.3 Å². The molecule has 6 heteroatoms. The smallest absolute Gasteiger partial charge is 0.260 e. The van der Waals surface area contributed by atoms with Crippen molar-refractivity contribution in [1.82, 2.24) is 15.5 Å². The number of halogens is 1. The highest BCUT2D eigenvalue weighted by Gasteiger charge is 2.37. The maximum Gasteiger partial charge on any atom is 0.260 e. The second-order valence-corrected chi connectivity index (χ2v) is 5.25. The summed E-state index contributed by atoms with van der Waals surface area (Å²) in [6.45, 7) is 3.05. The first-order chi connectivity index (χ1) is 9.57. The van der Waals surface area contributed by atoms with E-state index in [-0.39, 0.29) is 11.7 Å². The molecule has 2 aromatic rings. The molecule has 0 amide bonds. The van der Waals surface area contributed by atoms with Crippen LogP contribution in [0.3, 0.4) is 0 Å². The largest absolute Gasteiger partial charge is 0.379 e. The number of aromatic nitrogens is 2. The molecule has 1 aromatic carbocycles. The summed E-state index contributed by atoms with van der Waals surface area (Å²) in [6.07, 6.45) is 1.41. The summed E-state index contributed by atoms with van der Waals surface area (Å²) in [5.74, 6) is 0.132. The zero-order valence-corrected chi connectivity index (χ0v) is 11.2. The van der Waals surface area contributed by atoms with Crippen LogP contribution in [0.4, 0.5) is 4.39 Å². The van der Waals surface area contributed by atoms with Crippen molar-refractivity contribution in [2.45, 2.75) is 25.4 Å². The van der Waals surface area contributed by atoms with Crippen molar-refractivity contribution in [3.63, 3.8) is 0 Å². The van der Waals surface area contributed by atoms with Gasteiger partial charge in [0, 0.05) is 12.1 Å². The van der Waals surface area contributed by atoms with E-state index in [1.165, 1.54) is 12.1 Å². The molecule has 5 nitrogen and oxygen atoms in total. The Hall–Kier alpha value is -1.79. The van der Waals surface area contributed by atoms with Gasteiger partial charge >= 0.3 is 0 Å². The minimum absolute atomic E-state index is 0.182. The molecule has 0 radical (unpaired) electrons. The number of β-amino-alcohol motifs (C(OH)–C–C–N with tert-alkyl or cyclic N) is 1. The quantitative estimate of drug-likeness (QED) is 0.875. The summed E-state index contributed by atoms with van der Waals surface area (Å²) in [5.41, 5.74) is 0.195. The Labute approximate surface area is 115 Å². The van der Waals surface area contributed by atoms with E-state index in [2.05, 4.69) is 15.5 Å². The molecule has 2 N–H and O–H groups in total. The van der Waals surface area contributed by atoms with E-state index in [0.29, 0.717) is 24.4 Å². The van der Waals surface area contributed by atoms with Gasteiger partial charge in [0.25, 0.3) is 5.89 Å². The van der Waals surface area contributed by atoms with Crippen molar-refractivity contribution in [1.29, 1.82) is 0 Å². The van der Waals surface area contributed by atoms with Crippen molar-refractivity contribution in [3.8, 4) is 11.4 Å². The average molecular weight is 277 g/mol. The van der Waals surface area contributed by atoms with Crippen LogP contribution in [0, 0.1) is 12.7 Å². The lowest BCUT2D eigenvalue weighted by Crippen LogP contribution is -2.43. The van der Waals surface area contributed by atoms with E-state index in [4.69, 9.17) is 4.52 Å². The summed E-state index contributed by atoms with van der Waals surface area (Å²) >= 11 is 0. The molecule has 1 unspecified atom stereocenters. The fraction of sp³-hybridized carbons (Fsp3) is 0.429. The van der Waals surface area contributed by atoms with Gasteiger partial charge in [0.15, 0.2) is 5.60 Å². The molecule has 1 atom stereocenters. The fourth-order valence-corrected chi connectivity index (χ4v) is 2.47. The summed E-state index contributed by atoms with van der Waals surface area (Å²) in [4.78, 5) is 4.22. The molecule has 1 aromatic heterocycles. The molecule has 0 aliphatic carbocycles. The molecular formula is C14H16FN3O2. The second-order valence-electron chi connectivity index (χ2n) is 5.25. The van der Waals surface area contributed by atoms with E-state index >= 15 is 0 Å². The highest BCUT2D eigenvalue weighted by molar-refractivity contribution is 5.55. The van der Waals surface area contributed by atoms with Crippen LogP contribution in [-0.2, 0) is 5.60 Å². The van der Waals surface area contributed by atoms with Crippen molar-refractivity contribution < 1.29 is 14.0 Å². The Morgan fingerprint density at radius 3 is 2.95 bits per heavy atom. The number of aryl methyl sites for hydroxylation is 1. The van der Waals surface area contributed by atoms with Gasteiger partial charge in [-0.15, -0.1) is 0 Å². The van der Waals surface area contributed by atoms with Crippen LogP contribution in [0.5, 0.6) is 0 Å². The number of piperidine rings is 1. The molecule has 1 aliphatic rings. The normalized spacial score (nSPS) is 22.9. The number of benzene rings is 1. The van der Waals surface area contributed by atoms with Gasteiger partial charge < -0.3 is 14.9 Å². The predicted molar refractivity (Wildman–Crippen MR) is 70.4 cm³/mol. The molecule has 20 heavy (non-hydrogen) atoms. The van der Waals surface area contributed by atoms with E-state index < -0.39 is 5.60 Å². The average Bonchev–Trinajstić information content (AvgIpc) is 2.89. The number of hydrogen-bond donors (Lipinski definition) is 2. The number of rotatable bonds is 2. The maximum absolute atomic E-state index is 13.4. The van der Waals surface area contributed by atoms with Crippen LogP contribution in [0.15, 0.2) is 22.7 Å². The van der Waals surface area contributed by atoms with Gasteiger partial charge in [-0.1, -0.05) is 5.16 Å². The van der Waals surface area contributed by atoms with Gasteiger partial charge in [-0.3, -0.25) is 0 Å². The fourth-order valence-electron chi connectivity index (χ4n) is 2.47. The Morgan fingerprint density at radius 1 is 1.40 bits per heavy atom.